The molecule has 0 spiro atoms. The highest BCUT2D eigenvalue weighted by Gasteiger charge is 2.36. The van der Waals surface area contributed by atoms with E-state index in [0.29, 0.717) is 25.2 Å². The molecule has 1 amide bonds. The zero-order valence-corrected chi connectivity index (χ0v) is 13.0. The lowest BCUT2D eigenvalue weighted by molar-refractivity contribution is -0.141. The summed E-state index contributed by atoms with van der Waals surface area (Å²) >= 11 is 0. The Morgan fingerprint density at radius 2 is 2.25 bits per heavy atom. The summed E-state index contributed by atoms with van der Waals surface area (Å²) in [6.45, 7) is 2.66. The van der Waals surface area contributed by atoms with Gasteiger partial charge in [0.25, 0.3) is 0 Å². The number of nitrogens with zero attached hydrogens (tertiary/aromatic N) is 5. The summed E-state index contributed by atoms with van der Waals surface area (Å²) in [6.07, 6.45) is -0.219. The molecule has 24 heavy (non-hydrogen) atoms. The second-order valence-corrected chi connectivity index (χ2v) is 5.88. The van der Waals surface area contributed by atoms with E-state index in [2.05, 4.69) is 20.3 Å². The van der Waals surface area contributed by atoms with Gasteiger partial charge in [0, 0.05) is 24.7 Å². The Balaban J connectivity index is 1.70. The van der Waals surface area contributed by atoms with Crippen LogP contribution in [0.25, 0.3) is 0 Å². The molecule has 2 aromatic heterocycles. The summed E-state index contributed by atoms with van der Waals surface area (Å²) < 4.78 is 39.5. The number of halogens is 3. The fraction of sp³-hybridized carbons (Fsp3) is 0.571. The molecule has 0 radical (unpaired) electrons. The molecule has 0 aliphatic carbocycles. The number of aromatic amines is 1. The predicted molar refractivity (Wildman–Crippen MR) is 76.9 cm³/mol. The molecule has 0 aromatic carbocycles. The van der Waals surface area contributed by atoms with E-state index in [1.165, 1.54) is 17.3 Å². The molecule has 2 atom stereocenters. The molecule has 0 bridgehead atoms. The maximum Gasteiger partial charge on any atom is 0.435 e. The summed E-state index contributed by atoms with van der Waals surface area (Å²) in [5.74, 6) is -0.310. The van der Waals surface area contributed by atoms with Gasteiger partial charge in [-0.1, -0.05) is 0 Å². The molecule has 130 valence electrons. The van der Waals surface area contributed by atoms with Crippen LogP contribution >= 0.6 is 0 Å². The fourth-order valence-corrected chi connectivity index (χ4v) is 2.92. The van der Waals surface area contributed by atoms with Gasteiger partial charge in [-0.3, -0.25) is 9.89 Å². The van der Waals surface area contributed by atoms with Crippen LogP contribution in [0.2, 0.25) is 0 Å². The summed E-state index contributed by atoms with van der Waals surface area (Å²) in [5.41, 5.74) is -0.523. The minimum Gasteiger partial charge on any atom is -0.340 e. The van der Waals surface area contributed by atoms with E-state index in [9.17, 15) is 18.0 Å². The second kappa shape index (κ2) is 6.25. The van der Waals surface area contributed by atoms with Gasteiger partial charge in [0.2, 0.25) is 5.91 Å². The van der Waals surface area contributed by atoms with E-state index in [0.717, 1.165) is 12.5 Å². The van der Waals surface area contributed by atoms with E-state index in [1.807, 2.05) is 0 Å². The lowest BCUT2D eigenvalue weighted by Crippen LogP contribution is -2.42. The Morgan fingerprint density at radius 3 is 2.88 bits per heavy atom. The average Bonchev–Trinajstić information content (AvgIpc) is 3.24. The van der Waals surface area contributed by atoms with Crippen LogP contribution in [0.4, 0.5) is 13.2 Å². The van der Waals surface area contributed by atoms with Crippen LogP contribution in [0.1, 0.15) is 43.1 Å². The van der Waals surface area contributed by atoms with E-state index in [1.54, 1.807) is 11.8 Å². The van der Waals surface area contributed by atoms with E-state index >= 15 is 0 Å². The first-order valence-electron chi connectivity index (χ1n) is 7.61. The number of aromatic nitrogens is 5. The smallest absolute Gasteiger partial charge is 0.340 e. The highest BCUT2D eigenvalue weighted by atomic mass is 19.4. The number of piperidine rings is 1. The maximum absolute atomic E-state index is 12.7. The number of hydrogen-bond donors (Lipinski definition) is 1. The first kappa shape index (κ1) is 16.5. The Kier molecular flexibility index (Phi) is 4.29. The monoisotopic (exact) mass is 342 g/mol. The van der Waals surface area contributed by atoms with Crippen molar-refractivity contribution in [2.45, 2.75) is 37.9 Å². The van der Waals surface area contributed by atoms with Crippen molar-refractivity contribution in [2.24, 2.45) is 0 Å². The Hall–Kier alpha value is -2.39. The fourth-order valence-electron chi connectivity index (χ4n) is 2.92. The summed E-state index contributed by atoms with van der Waals surface area (Å²) in [6, 6.07) is 0.526. The zero-order valence-electron chi connectivity index (χ0n) is 13.0. The van der Waals surface area contributed by atoms with Crippen molar-refractivity contribution in [3.63, 3.8) is 0 Å². The lowest BCUT2D eigenvalue weighted by Gasteiger charge is -2.33. The zero-order chi connectivity index (χ0) is 17.3. The third-order valence-electron chi connectivity index (χ3n) is 4.25. The molecule has 10 heteroatoms. The van der Waals surface area contributed by atoms with Crippen molar-refractivity contribution >= 4 is 5.91 Å². The maximum atomic E-state index is 12.7. The first-order valence-corrected chi connectivity index (χ1v) is 7.61. The number of likely N-dealkylation sites (tertiary alicyclic amines) is 1. The number of H-pyrrole nitrogens is 1. The van der Waals surface area contributed by atoms with Crippen LogP contribution < -0.4 is 0 Å². The Bertz CT molecular complexity index is 696. The summed E-state index contributed by atoms with van der Waals surface area (Å²) in [7, 11) is 0. The number of carbonyl (C=O) groups excluding carboxylic acids is 1. The normalized spacial score (nSPS) is 20.2. The molecular weight excluding hydrogens is 325 g/mol. The Labute approximate surface area is 135 Å². The molecule has 1 saturated heterocycles. The molecular formula is C14H17F3N6O. The molecule has 1 fully saturated rings. The number of hydrogen-bond acceptors (Lipinski definition) is 4. The van der Waals surface area contributed by atoms with Gasteiger partial charge in [-0.05, 0) is 25.8 Å². The van der Waals surface area contributed by atoms with Gasteiger partial charge in [0.05, 0.1) is 0 Å². The summed E-state index contributed by atoms with van der Waals surface area (Å²) in [5, 5.41) is 9.75. The highest BCUT2D eigenvalue weighted by molar-refractivity contribution is 5.80. The van der Waals surface area contributed by atoms with E-state index in [-0.39, 0.29) is 11.8 Å². The number of rotatable bonds is 3. The van der Waals surface area contributed by atoms with Crippen molar-refractivity contribution in [3.05, 3.63) is 30.1 Å². The van der Waals surface area contributed by atoms with Crippen LogP contribution in [-0.4, -0.2) is 48.9 Å². The average molecular weight is 342 g/mol. The van der Waals surface area contributed by atoms with Gasteiger partial charge < -0.3 is 4.90 Å². The van der Waals surface area contributed by atoms with Gasteiger partial charge in [0.1, 0.15) is 18.7 Å². The van der Waals surface area contributed by atoms with Crippen LogP contribution in [0.3, 0.4) is 0 Å². The van der Waals surface area contributed by atoms with Gasteiger partial charge in [-0.15, -0.1) is 0 Å². The Morgan fingerprint density at radius 1 is 1.46 bits per heavy atom. The molecule has 0 unspecified atom stereocenters. The van der Waals surface area contributed by atoms with E-state index < -0.39 is 17.9 Å². The topological polar surface area (TPSA) is 79.7 Å². The predicted octanol–water partition coefficient (Wildman–Crippen LogP) is 1.99. The number of carbonyl (C=O) groups is 1. The van der Waals surface area contributed by atoms with Crippen LogP contribution in [0.5, 0.6) is 0 Å². The van der Waals surface area contributed by atoms with Gasteiger partial charge >= 0.3 is 6.18 Å². The van der Waals surface area contributed by atoms with E-state index in [4.69, 9.17) is 0 Å². The minimum atomic E-state index is -4.47. The molecule has 1 aliphatic rings. The largest absolute Gasteiger partial charge is 0.435 e. The van der Waals surface area contributed by atoms with Crippen molar-refractivity contribution in [3.8, 4) is 0 Å². The molecule has 7 nitrogen and oxygen atoms in total. The number of alkyl halides is 3. The van der Waals surface area contributed by atoms with Crippen LogP contribution in [0, 0.1) is 0 Å². The minimum absolute atomic E-state index is 0.124. The third-order valence-corrected chi connectivity index (χ3v) is 4.25. The number of amides is 1. The van der Waals surface area contributed by atoms with Crippen LogP contribution in [0.15, 0.2) is 18.7 Å². The van der Waals surface area contributed by atoms with Crippen LogP contribution in [-0.2, 0) is 11.0 Å². The van der Waals surface area contributed by atoms with Crippen molar-refractivity contribution < 1.29 is 18.0 Å². The van der Waals surface area contributed by atoms with Crippen molar-refractivity contribution in [1.82, 2.24) is 29.9 Å². The molecule has 0 saturated carbocycles. The number of nitrogens with one attached hydrogen (secondary N) is 1. The quantitative estimate of drug-likeness (QED) is 0.925. The molecule has 1 N–H and O–H groups in total. The van der Waals surface area contributed by atoms with Crippen molar-refractivity contribution in [2.75, 3.05) is 13.1 Å². The molecule has 3 heterocycles. The third kappa shape index (κ3) is 3.26. The van der Waals surface area contributed by atoms with Crippen molar-refractivity contribution in [1.29, 1.82) is 0 Å². The first-order chi connectivity index (χ1) is 11.4. The molecule has 3 rings (SSSR count). The standard InChI is InChI=1S/C14H17F3N6O/c1-9(23-8-18-7-19-23)13(24)22-4-2-3-10(6-22)11-5-12(21-20-11)14(15,16)17/h5,7-10H,2-4,6H2,1H3,(H,20,21)/t9-,10-/m1/s1. The highest BCUT2D eigenvalue weighted by Crippen LogP contribution is 2.32. The van der Waals surface area contributed by atoms with Gasteiger partial charge in [-0.2, -0.15) is 23.4 Å². The lowest BCUT2D eigenvalue weighted by atomic mass is 9.94. The van der Waals surface area contributed by atoms with Gasteiger partial charge in [-0.25, -0.2) is 9.67 Å². The summed E-state index contributed by atoms with van der Waals surface area (Å²) in [4.78, 5) is 18.1. The van der Waals surface area contributed by atoms with Gasteiger partial charge in [0.15, 0.2) is 5.69 Å². The SMILES string of the molecule is C[C@H](C(=O)N1CCC[C@@H](c2cc(C(F)(F)F)n[nH]2)C1)n1cncn1. The molecule has 2 aromatic rings. The molecule has 1 aliphatic heterocycles. The second-order valence-electron chi connectivity index (χ2n) is 5.88.